The minimum Gasteiger partial charge on any atom is -0.341 e. The van der Waals surface area contributed by atoms with Crippen LogP contribution >= 0.6 is 0 Å². The van der Waals surface area contributed by atoms with Crippen LogP contribution < -0.4 is 5.32 Å². The molecule has 2 aliphatic rings. The predicted octanol–water partition coefficient (Wildman–Crippen LogP) is 1.71. The fourth-order valence-electron chi connectivity index (χ4n) is 3.51. The third-order valence-corrected chi connectivity index (χ3v) is 5.02. The van der Waals surface area contributed by atoms with E-state index < -0.39 is 0 Å². The lowest BCUT2D eigenvalue weighted by Gasteiger charge is -2.38. The van der Waals surface area contributed by atoms with E-state index in [2.05, 4.69) is 22.0 Å². The first-order valence-corrected chi connectivity index (χ1v) is 8.40. The number of rotatable bonds is 5. The third-order valence-electron chi connectivity index (χ3n) is 5.02. The zero-order valence-electron chi connectivity index (χ0n) is 13.2. The van der Waals surface area contributed by atoms with Gasteiger partial charge < -0.3 is 10.2 Å². The molecule has 1 atom stereocenters. The molecule has 2 saturated heterocycles. The molecular formula is C16H31N3O. The summed E-state index contributed by atoms with van der Waals surface area (Å²) in [6.07, 6.45) is 7.43. The average Bonchev–Trinajstić information content (AvgIpc) is 2.53. The first kappa shape index (κ1) is 15.8. The lowest BCUT2D eigenvalue weighted by molar-refractivity contribution is -0.137. The minimum absolute atomic E-state index is 0.0818. The maximum Gasteiger partial charge on any atom is 0.239 e. The summed E-state index contributed by atoms with van der Waals surface area (Å²) >= 11 is 0. The quantitative estimate of drug-likeness (QED) is 0.833. The first-order chi connectivity index (χ1) is 9.72. The molecule has 0 radical (unpaired) electrons. The molecule has 116 valence electrons. The Hall–Kier alpha value is -0.610. The number of piperidine rings is 2. The van der Waals surface area contributed by atoms with Crippen molar-refractivity contribution in [2.24, 2.45) is 5.92 Å². The van der Waals surface area contributed by atoms with Gasteiger partial charge in [0.2, 0.25) is 5.91 Å². The van der Waals surface area contributed by atoms with Gasteiger partial charge in [-0.2, -0.15) is 0 Å². The molecule has 0 aromatic rings. The van der Waals surface area contributed by atoms with E-state index in [0.717, 1.165) is 38.6 Å². The van der Waals surface area contributed by atoms with Crippen molar-refractivity contribution >= 4 is 5.91 Å². The fraction of sp³-hybridized carbons (Fsp3) is 0.938. The van der Waals surface area contributed by atoms with Crippen molar-refractivity contribution in [3.63, 3.8) is 0 Å². The minimum atomic E-state index is 0.0818. The van der Waals surface area contributed by atoms with Crippen LogP contribution in [0.3, 0.4) is 0 Å². The van der Waals surface area contributed by atoms with Gasteiger partial charge in [-0.25, -0.2) is 0 Å². The van der Waals surface area contributed by atoms with Crippen molar-refractivity contribution in [1.29, 1.82) is 0 Å². The Kier molecular flexibility index (Phi) is 6.30. The smallest absolute Gasteiger partial charge is 0.239 e. The third kappa shape index (κ3) is 4.19. The second-order valence-corrected chi connectivity index (χ2v) is 6.43. The molecule has 0 aromatic heterocycles. The molecule has 2 rings (SSSR count). The molecule has 1 N–H and O–H groups in total. The van der Waals surface area contributed by atoms with E-state index >= 15 is 0 Å². The molecule has 1 amide bonds. The molecular weight excluding hydrogens is 250 g/mol. The zero-order valence-corrected chi connectivity index (χ0v) is 13.2. The van der Waals surface area contributed by atoms with Crippen LogP contribution in [-0.4, -0.2) is 61.5 Å². The van der Waals surface area contributed by atoms with Crippen LogP contribution in [-0.2, 0) is 4.79 Å². The van der Waals surface area contributed by atoms with Crippen molar-refractivity contribution in [2.75, 3.05) is 39.8 Å². The largest absolute Gasteiger partial charge is 0.341 e. The van der Waals surface area contributed by atoms with Crippen molar-refractivity contribution in [3.8, 4) is 0 Å². The molecule has 0 aliphatic carbocycles. The topological polar surface area (TPSA) is 35.6 Å². The summed E-state index contributed by atoms with van der Waals surface area (Å²) < 4.78 is 0. The van der Waals surface area contributed by atoms with Gasteiger partial charge in [-0.3, -0.25) is 9.69 Å². The summed E-state index contributed by atoms with van der Waals surface area (Å²) in [5.74, 6) is 1.20. The normalized spacial score (nSPS) is 23.8. The molecule has 0 saturated carbocycles. The maximum absolute atomic E-state index is 12.5. The Morgan fingerprint density at radius 3 is 2.40 bits per heavy atom. The average molecular weight is 281 g/mol. The number of nitrogens with zero attached hydrogens (tertiary/aromatic N) is 2. The standard InChI is InChI=1S/C16H31N3O/c1-14(16(20)19-10-4-3-5-11-19)18-12-7-15(8-13-18)6-9-17-2/h14-15,17H,3-13H2,1-2H3. The molecule has 0 spiro atoms. The number of carbonyl (C=O) groups is 1. The van der Waals surface area contributed by atoms with Crippen molar-refractivity contribution in [1.82, 2.24) is 15.1 Å². The summed E-state index contributed by atoms with van der Waals surface area (Å²) in [4.78, 5) is 17.0. The summed E-state index contributed by atoms with van der Waals surface area (Å²) in [5, 5.41) is 3.24. The summed E-state index contributed by atoms with van der Waals surface area (Å²) in [6.45, 7) is 7.35. The lowest BCUT2D eigenvalue weighted by atomic mass is 9.92. The molecule has 2 heterocycles. The van der Waals surface area contributed by atoms with Gasteiger partial charge in [0.25, 0.3) is 0 Å². The highest BCUT2D eigenvalue weighted by Crippen LogP contribution is 2.22. The number of likely N-dealkylation sites (tertiary alicyclic amines) is 2. The van der Waals surface area contributed by atoms with E-state index in [4.69, 9.17) is 0 Å². The van der Waals surface area contributed by atoms with Gasteiger partial charge in [-0.05, 0) is 78.0 Å². The SMILES string of the molecule is CNCCC1CCN(C(C)C(=O)N2CCCCC2)CC1. The predicted molar refractivity (Wildman–Crippen MR) is 82.7 cm³/mol. The van der Waals surface area contributed by atoms with E-state index in [9.17, 15) is 4.79 Å². The monoisotopic (exact) mass is 281 g/mol. The molecule has 4 nitrogen and oxygen atoms in total. The van der Waals surface area contributed by atoms with Crippen LogP contribution in [0.1, 0.15) is 45.4 Å². The van der Waals surface area contributed by atoms with E-state index in [1.54, 1.807) is 0 Å². The summed E-state index contributed by atoms with van der Waals surface area (Å²) in [6, 6.07) is 0.0818. The molecule has 2 aliphatic heterocycles. The number of hydrogen-bond donors (Lipinski definition) is 1. The molecule has 2 fully saturated rings. The highest BCUT2D eigenvalue weighted by atomic mass is 16.2. The highest BCUT2D eigenvalue weighted by molar-refractivity contribution is 5.81. The van der Waals surface area contributed by atoms with Gasteiger partial charge in [0, 0.05) is 13.1 Å². The van der Waals surface area contributed by atoms with Crippen molar-refractivity contribution in [3.05, 3.63) is 0 Å². The second-order valence-electron chi connectivity index (χ2n) is 6.43. The van der Waals surface area contributed by atoms with Crippen LogP contribution in [0.15, 0.2) is 0 Å². The molecule has 0 aromatic carbocycles. The van der Waals surface area contributed by atoms with E-state index in [-0.39, 0.29) is 6.04 Å². The number of amides is 1. The summed E-state index contributed by atoms with van der Waals surface area (Å²) in [7, 11) is 2.02. The molecule has 0 bridgehead atoms. The summed E-state index contributed by atoms with van der Waals surface area (Å²) in [5.41, 5.74) is 0. The van der Waals surface area contributed by atoms with Crippen LogP contribution in [0.25, 0.3) is 0 Å². The Labute approximate surface area is 123 Å². The van der Waals surface area contributed by atoms with Crippen LogP contribution in [0, 0.1) is 5.92 Å². The van der Waals surface area contributed by atoms with E-state index in [1.807, 2.05) is 7.05 Å². The van der Waals surface area contributed by atoms with Crippen LogP contribution in [0.4, 0.5) is 0 Å². The number of carbonyl (C=O) groups excluding carboxylic acids is 1. The molecule has 1 unspecified atom stereocenters. The highest BCUT2D eigenvalue weighted by Gasteiger charge is 2.29. The van der Waals surface area contributed by atoms with Gasteiger partial charge >= 0.3 is 0 Å². The lowest BCUT2D eigenvalue weighted by Crippen LogP contribution is -2.50. The molecule has 4 heteroatoms. The fourth-order valence-corrected chi connectivity index (χ4v) is 3.51. The van der Waals surface area contributed by atoms with Gasteiger partial charge in [0.05, 0.1) is 6.04 Å². The van der Waals surface area contributed by atoms with Crippen LogP contribution in [0.5, 0.6) is 0 Å². The van der Waals surface area contributed by atoms with Gasteiger partial charge in [-0.1, -0.05) is 0 Å². The van der Waals surface area contributed by atoms with Crippen molar-refractivity contribution < 1.29 is 4.79 Å². The van der Waals surface area contributed by atoms with Crippen molar-refractivity contribution in [2.45, 2.75) is 51.5 Å². The number of nitrogens with one attached hydrogen (secondary N) is 1. The van der Waals surface area contributed by atoms with Gasteiger partial charge in [-0.15, -0.1) is 0 Å². The van der Waals surface area contributed by atoms with Gasteiger partial charge in [0.1, 0.15) is 0 Å². The Balaban J connectivity index is 1.75. The Morgan fingerprint density at radius 2 is 1.80 bits per heavy atom. The first-order valence-electron chi connectivity index (χ1n) is 8.40. The molecule has 20 heavy (non-hydrogen) atoms. The maximum atomic E-state index is 12.5. The van der Waals surface area contributed by atoms with E-state index in [1.165, 1.54) is 38.5 Å². The second kappa shape index (κ2) is 7.99. The zero-order chi connectivity index (χ0) is 14.4. The van der Waals surface area contributed by atoms with Gasteiger partial charge in [0.15, 0.2) is 0 Å². The number of hydrogen-bond acceptors (Lipinski definition) is 3. The Bertz CT molecular complexity index is 294. The van der Waals surface area contributed by atoms with Crippen LogP contribution in [0.2, 0.25) is 0 Å². The Morgan fingerprint density at radius 1 is 1.15 bits per heavy atom. The van der Waals surface area contributed by atoms with E-state index in [0.29, 0.717) is 5.91 Å².